The zero-order valence-electron chi connectivity index (χ0n) is 15.1. The van der Waals surface area contributed by atoms with Gasteiger partial charge < -0.3 is 5.73 Å². The van der Waals surface area contributed by atoms with E-state index in [1.54, 1.807) is 0 Å². The third kappa shape index (κ3) is 3.25. The van der Waals surface area contributed by atoms with Crippen LogP contribution in [0, 0.1) is 11.8 Å². The molecule has 2 aromatic rings. The number of carbonyl (C=O) groups excluding carboxylic acids is 1. The summed E-state index contributed by atoms with van der Waals surface area (Å²) in [7, 11) is 1.91. The summed E-state index contributed by atoms with van der Waals surface area (Å²) in [6.45, 7) is 0.490. The Hall–Kier alpha value is -1.60. The minimum Gasteiger partial charge on any atom is -0.329 e. The number of amides is 1. The molecule has 1 aromatic carbocycles. The average molecular weight is 408 g/mol. The molecule has 144 valence electrons. The Balaban J connectivity index is 1.70. The second kappa shape index (κ2) is 7.43. The van der Waals surface area contributed by atoms with Crippen LogP contribution >= 0.6 is 23.2 Å². The number of rotatable bonds is 3. The Labute approximate surface area is 168 Å². The lowest BCUT2D eigenvalue weighted by atomic mass is 9.68. The summed E-state index contributed by atoms with van der Waals surface area (Å²) in [6.07, 6.45) is 4.55. The number of fused-ring (bicyclic) bond motifs is 1. The first-order valence-corrected chi connectivity index (χ1v) is 9.98. The topological polar surface area (TPSA) is 85.0 Å². The van der Waals surface area contributed by atoms with Crippen molar-refractivity contribution in [3.8, 4) is 11.3 Å². The van der Waals surface area contributed by atoms with E-state index in [-0.39, 0.29) is 29.7 Å². The molecule has 4 atom stereocenters. The number of nitrogens with two attached hydrogens (primary N) is 1. The summed E-state index contributed by atoms with van der Waals surface area (Å²) in [5.41, 5.74) is 14.7. The molecule has 1 saturated heterocycles. The monoisotopic (exact) mass is 407 g/mol. The van der Waals surface area contributed by atoms with Gasteiger partial charge in [-0.25, -0.2) is 5.43 Å². The Kier molecular flexibility index (Phi) is 5.16. The lowest BCUT2D eigenvalue weighted by molar-refractivity contribution is -0.133. The van der Waals surface area contributed by atoms with Gasteiger partial charge in [0.05, 0.1) is 21.9 Å². The highest BCUT2D eigenvalue weighted by Crippen LogP contribution is 2.46. The van der Waals surface area contributed by atoms with Crippen molar-refractivity contribution in [3.63, 3.8) is 0 Å². The highest BCUT2D eigenvalue weighted by molar-refractivity contribution is 6.39. The van der Waals surface area contributed by atoms with Crippen LogP contribution in [0.15, 0.2) is 24.4 Å². The maximum atomic E-state index is 12.2. The fourth-order valence-corrected chi connectivity index (χ4v) is 5.22. The number of hydrogen-bond donors (Lipinski definition) is 3. The Morgan fingerprint density at radius 1 is 1.30 bits per heavy atom. The molecule has 4 unspecified atom stereocenters. The van der Waals surface area contributed by atoms with Gasteiger partial charge in [-0.15, -0.1) is 0 Å². The molecule has 4 N–H and O–H groups in total. The number of nitrogens with zero attached hydrogens (tertiary/aromatic N) is 2. The van der Waals surface area contributed by atoms with E-state index in [9.17, 15) is 4.79 Å². The number of halogens is 2. The van der Waals surface area contributed by atoms with Crippen LogP contribution in [0.3, 0.4) is 0 Å². The van der Waals surface area contributed by atoms with E-state index in [4.69, 9.17) is 28.9 Å². The molecule has 1 aromatic heterocycles. The van der Waals surface area contributed by atoms with E-state index < -0.39 is 0 Å². The van der Waals surface area contributed by atoms with Crippen LogP contribution in [0.25, 0.3) is 11.3 Å². The molecule has 2 aliphatic rings. The first-order chi connectivity index (χ1) is 13.0. The van der Waals surface area contributed by atoms with Crippen LogP contribution in [-0.2, 0) is 11.8 Å². The van der Waals surface area contributed by atoms with E-state index in [1.807, 2.05) is 36.1 Å². The average Bonchev–Trinajstić information content (AvgIpc) is 3.03. The Morgan fingerprint density at radius 3 is 2.74 bits per heavy atom. The van der Waals surface area contributed by atoms with E-state index in [0.29, 0.717) is 16.6 Å². The SMILES string of the molecule is Cn1ncc(C2CCC3C(=O)NNC(CN)C3C2)c1-c1c(Cl)cccc1Cl. The quantitative estimate of drug-likeness (QED) is 0.729. The summed E-state index contributed by atoms with van der Waals surface area (Å²) in [4.78, 5) is 12.2. The van der Waals surface area contributed by atoms with Crippen molar-refractivity contribution < 1.29 is 4.79 Å². The lowest BCUT2D eigenvalue weighted by Gasteiger charge is -2.43. The maximum Gasteiger partial charge on any atom is 0.237 e. The van der Waals surface area contributed by atoms with Crippen LogP contribution in [0.4, 0.5) is 0 Å². The summed E-state index contributed by atoms with van der Waals surface area (Å²) in [5, 5.41) is 5.71. The van der Waals surface area contributed by atoms with Crippen molar-refractivity contribution in [2.24, 2.45) is 24.6 Å². The van der Waals surface area contributed by atoms with Gasteiger partial charge in [0.2, 0.25) is 5.91 Å². The van der Waals surface area contributed by atoms with Gasteiger partial charge in [-0.3, -0.25) is 14.9 Å². The number of hydrazine groups is 1. The first-order valence-electron chi connectivity index (χ1n) is 9.23. The molecular weight excluding hydrogens is 385 g/mol. The summed E-state index contributed by atoms with van der Waals surface area (Å²) < 4.78 is 1.83. The lowest BCUT2D eigenvalue weighted by Crippen LogP contribution is -2.62. The second-order valence-corrected chi connectivity index (χ2v) is 8.24. The van der Waals surface area contributed by atoms with Crippen molar-refractivity contribution in [1.82, 2.24) is 20.6 Å². The van der Waals surface area contributed by atoms with Gasteiger partial charge in [0.15, 0.2) is 0 Å². The molecule has 0 bridgehead atoms. The van der Waals surface area contributed by atoms with Crippen LogP contribution in [0.2, 0.25) is 10.0 Å². The fourth-order valence-electron chi connectivity index (χ4n) is 4.64. The van der Waals surface area contributed by atoms with Crippen LogP contribution in [0.5, 0.6) is 0 Å². The van der Waals surface area contributed by atoms with E-state index >= 15 is 0 Å². The summed E-state index contributed by atoms with van der Waals surface area (Å²) in [6, 6.07) is 5.61. The standard InChI is InChI=1S/C19H23Cl2N5O/c1-26-18(17-14(20)3-2-4-15(17)21)13(9-23-26)10-5-6-11-12(7-10)16(8-22)24-25-19(11)27/h2-4,9-12,16,24H,5-8,22H2,1H3,(H,25,27). The zero-order chi connectivity index (χ0) is 19.1. The summed E-state index contributed by atoms with van der Waals surface area (Å²) in [5.74, 6) is 0.574. The van der Waals surface area contributed by atoms with Crippen molar-refractivity contribution >= 4 is 29.1 Å². The van der Waals surface area contributed by atoms with Crippen LogP contribution in [0.1, 0.15) is 30.7 Å². The molecule has 27 heavy (non-hydrogen) atoms. The van der Waals surface area contributed by atoms with Crippen LogP contribution < -0.4 is 16.6 Å². The molecule has 6 nitrogen and oxygen atoms in total. The number of carbonyl (C=O) groups is 1. The Bertz CT molecular complexity index is 848. The van der Waals surface area contributed by atoms with Crippen molar-refractivity contribution in [2.75, 3.05) is 6.54 Å². The molecule has 0 spiro atoms. The van der Waals surface area contributed by atoms with Gasteiger partial charge in [0.25, 0.3) is 0 Å². The molecule has 4 rings (SSSR count). The van der Waals surface area contributed by atoms with Crippen molar-refractivity contribution in [1.29, 1.82) is 0 Å². The number of hydrogen-bond acceptors (Lipinski definition) is 4. The van der Waals surface area contributed by atoms with Gasteiger partial charge in [0.1, 0.15) is 0 Å². The van der Waals surface area contributed by atoms with Gasteiger partial charge in [0, 0.05) is 36.7 Å². The molecule has 0 radical (unpaired) electrons. The molecule has 1 saturated carbocycles. The first kappa shape index (κ1) is 18.7. The maximum absolute atomic E-state index is 12.2. The highest BCUT2D eigenvalue weighted by atomic mass is 35.5. The molecule has 8 heteroatoms. The molecule has 1 aliphatic heterocycles. The molecular formula is C19H23Cl2N5O. The fraction of sp³-hybridized carbons (Fsp3) is 0.474. The predicted molar refractivity (Wildman–Crippen MR) is 106 cm³/mol. The van der Waals surface area contributed by atoms with E-state index in [0.717, 1.165) is 36.1 Å². The molecule has 1 amide bonds. The number of nitrogens with one attached hydrogen (secondary N) is 2. The van der Waals surface area contributed by atoms with Gasteiger partial charge in [-0.1, -0.05) is 29.3 Å². The second-order valence-electron chi connectivity index (χ2n) is 7.42. The Morgan fingerprint density at radius 2 is 2.04 bits per heavy atom. The van der Waals surface area contributed by atoms with Crippen LogP contribution in [-0.4, -0.2) is 28.3 Å². The largest absolute Gasteiger partial charge is 0.329 e. The molecule has 1 aliphatic carbocycles. The molecule has 2 heterocycles. The number of benzene rings is 1. The van der Waals surface area contributed by atoms with E-state index in [2.05, 4.69) is 16.0 Å². The van der Waals surface area contributed by atoms with Crippen molar-refractivity contribution in [3.05, 3.63) is 40.0 Å². The predicted octanol–water partition coefficient (Wildman–Crippen LogP) is 2.86. The highest BCUT2D eigenvalue weighted by Gasteiger charge is 2.43. The van der Waals surface area contributed by atoms with Crippen molar-refractivity contribution in [2.45, 2.75) is 31.2 Å². The molecule has 2 fully saturated rings. The van der Waals surface area contributed by atoms with Gasteiger partial charge in [-0.2, -0.15) is 5.10 Å². The van der Waals surface area contributed by atoms with Gasteiger partial charge >= 0.3 is 0 Å². The minimum atomic E-state index is 0.0140. The number of aromatic nitrogens is 2. The normalized spacial score (nSPS) is 27.9. The third-order valence-electron chi connectivity index (χ3n) is 5.99. The number of aryl methyl sites for hydroxylation is 1. The summed E-state index contributed by atoms with van der Waals surface area (Å²) >= 11 is 12.9. The smallest absolute Gasteiger partial charge is 0.237 e. The third-order valence-corrected chi connectivity index (χ3v) is 6.62. The zero-order valence-corrected chi connectivity index (χ0v) is 16.6. The van der Waals surface area contributed by atoms with E-state index in [1.165, 1.54) is 0 Å². The van der Waals surface area contributed by atoms with Gasteiger partial charge in [-0.05, 0) is 43.2 Å². The minimum absolute atomic E-state index is 0.0140.